The van der Waals surface area contributed by atoms with Crippen LogP contribution in [0.25, 0.3) is 0 Å². The van der Waals surface area contributed by atoms with Crippen LogP contribution in [0.2, 0.25) is 0 Å². The molecule has 0 saturated carbocycles. The minimum absolute atomic E-state index is 0.340. The molecule has 0 N–H and O–H groups in total. The number of hydrogen-bond donors (Lipinski definition) is 0. The van der Waals surface area contributed by atoms with E-state index in [0.717, 1.165) is 5.56 Å². The first kappa shape index (κ1) is 14.4. The number of hydrogen-bond acceptors (Lipinski definition) is 4. The second-order valence-electron chi connectivity index (χ2n) is 5.70. The lowest BCUT2D eigenvalue weighted by Crippen LogP contribution is -2.41. The van der Waals surface area contributed by atoms with Crippen LogP contribution in [0.15, 0.2) is 12.1 Å². The van der Waals surface area contributed by atoms with Gasteiger partial charge in [-0.1, -0.05) is 6.07 Å². The molecule has 0 aromatic carbocycles. The first-order valence-corrected chi connectivity index (χ1v) is 6.27. The third-order valence-electron chi connectivity index (χ3n) is 3.75. The van der Waals surface area contributed by atoms with Crippen LogP contribution in [-0.2, 0) is 20.7 Å². The summed E-state index contributed by atoms with van der Waals surface area (Å²) < 4.78 is 30.2. The van der Waals surface area contributed by atoms with Crippen molar-refractivity contribution < 1.29 is 18.4 Å². The number of ether oxygens (including phenoxy) is 1. The van der Waals surface area contributed by atoms with Crippen molar-refractivity contribution in [2.24, 2.45) is 0 Å². The van der Waals surface area contributed by atoms with Gasteiger partial charge in [0.2, 0.25) is 5.95 Å². The number of methoxy groups -OCH3 is 1. The molecular weight excluding hydrogens is 248 g/mol. The Morgan fingerprint density at radius 1 is 1.21 bits per heavy atom. The lowest BCUT2D eigenvalue weighted by molar-refractivity contribution is 0.00578. The highest BCUT2D eigenvalue weighted by Gasteiger charge is 2.53. The summed E-state index contributed by atoms with van der Waals surface area (Å²) in [7, 11) is 0.906. The normalized spacial score (nSPS) is 20.8. The van der Waals surface area contributed by atoms with Gasteiger partial charge in [0.05, 0.1) is 23.4 Å². The average molecular weight is 267 g/mol. The van der Waals surface area contributed by atoms with Gasteiger partial charge in [0.1, 0.15) is 0 Å². The zero-order valence-electron chi connectivity index (χ0n) is 12.0. The number of nitrogens with zero attached hydrogens (tertiary/aromatic N) is 1. The van der Waals surface area contributed by atoms with Crippen LogP contribution in [-0.4, -0.2) is 30.4 Å². The summed E-state index contributed by atoms with van der Waals surface area (Å²) in [6, 6.07) is 2.95. The quantitative estimate of drug-likeness (QED) is 0.617. The Kier molecular flexibility index (Phi) is 3.68. The fraction of sp³-hybridized carbons (Fsp3) is 0.615. The molecule has 0 atom stereocenters. The molecule has 1 aliphatic rings. The lowest BCUT2D eigenvalue weighted by atomic mass is 9.81. The van der Waals surface area contributed by atoms with Gasteiger partial charge in [-0.3, -0.25) is 0 Å². The van der Waals surface area contributed by atoms with E-state index in [9.17, 15) is 4.39 Å². The molecule has 1 aromatic heterocycles. The van der Waals surface area contributed by atoms with E-state index in [1.54, 1.807) is 13.2 Å². The Morgan fingerprint density at radius 3 is 2.32 bits per heavy atom. The smallest absolute Gasteiger partial charge is 0.398 e. The van der Waals surface area contributed by atoms with Crippen molar-refractivity contribution in [2.75, 3.05) is 7.11 Å². The average Bonchev–Trinajstić information content (AvgIpc) is 2.51. The number of halogens is 1. The van der Waals surface area contributed by atoms with Gasteiger partial charge in [-0.2, -0.15) is 4.39 Å². The van der Waals surface area contributed by atoms with Crippen LogP contribution in [0, 0.1) is 5.95 Å². The van der Waals surface area contributed by atoms with Gasteiger partial charge in [-0.05, 0) is 39.3 Å². The fourth-order valence-corrected chi connectivity index (χ4v) is 1.92. The zero-order chi connectivity index (χ0) is 14.3. The molecule has 1 saturated heterocycles. The zero-order valence-corrected chi connectivity index (χ0v) is 12.0. The minimum atomic E-state index is -0.675. The summed E-state index contributed by atoms with van der Waals surface area (Å²) in [6.45, 7) is 8.13. The molecule has 1 fully saturated rings. The number of aromatic nitrogens is 1. The summed E-state index contributed by atoms with van der Waals surface area (Å²) in [4.78, 5) is 3.91. The topological polar surface area (TPSA) is 40.6 Å². The highest BCUT2D eigenvalue weighted by molar-refractivity contribution is 6.61. The SMILES string of the molecule is COCc1ccc(F)nc1B1OC(C)(C)C(C)(C)O1. The first-order valence-electron chi connectivity index (χ1n) is 6.27. The maximum atomic E-state index is 13.4. The van der Waals surface area contributed by atoms with E-state index < -0.39 is 24.3 Å². The molecule has 2 heterocycles. The Hall–Kier alpha value is -0.975. The van der Waals surface area contributed by atoms with Crippen LogP contribution >= 0.6 is 0 Å². The van der Waals surface area contributed by atoms with Crippen molar-refractivity contribution in [3.8, 4) is 0 Å². The van der Waals surface area contributed by atoms with Gasteiger partial charge in [-0.25, -0.2) is 4.98 Å². The predicted octanol–water partition coefficient (Wildman–Crippen LogP) is 1.67. The third-order valence-corrected chi connectivity index (χ3v) is 3.75. The summed E-state index contributed by atoms with van der Waals surface area (Å²) in [6.07, 6.45) is 0. The Bertz CT molecular complexity index is 463. The molecule has 0 aliphatic carbocycles. The molecule has 1 aromatic rings. The van der Waals surface area contributed by atoms with E-state index in [1.807, 2.05) is 27.7 Å². The fourth-order valence-electron chi connectivity index (χ4n) is 1.92. The Balaban J connectivity index is 2.35. The Morgan fingerprint density at radius 2 is 1.79 bits per heavy atom. The van der Waals surface area contributed by atoms with E-state index >= 15 is 0 Å². The summed E-state index contributed by atoms with van der Waals surface area (Å²) in [5.74, 6) is -0.551. The van der Waals surface area contributed by atoms with Crippen molar-refractivity contribution >= 4 is 12.7 Å². The highest BCUT2D eigenvalue weighted by atomic mass is 19.1. The van der Waals surface area contributed by atoms with E-state index in [-0.39, 0.29) is 0 Å². The summed E-state index contributed by atoms with van der Waals surface area (Å²) in [5.41, 5.74) is 0.259. The summed E-state index contributed by atoms with van der Waals surface area (Å²) >= 11 is 0. The van der Waals surface area contributed by atoms with Crippen LogP contribution in [0.4, 0.5) is 4.39 Å². The van der Waals surface area contributed by atoms with Gasteiger partial charge in [-0.15, -0.1) is 0 Å². The predicted molar refractivity (Wildman–Crippen MR) is 70.6 cm³/mol. The molecule has 19 heavy (non-hydrogen) atoms. The standard InChI is InChI=1S/C13H19BFNO3/c1-12(2)13(3,4)19-14(18-12)11-9(8-17-5)6-7-10(15)16-11/h6-7H,8H2,1-5H3. The molecule has 6 heteroatoms. The van der Waals surface area contributed by atoms with E-state index in [0.29, 0.717) is 12.2 Å². The molecule has 0 unspecified atom stereocenters. The molecule has 1 aliphatic heterocycles. The van der Waals surface area contributed by atoms with Gasteiger partial charge in [0, 0.05) is 7.11 Å². The molecule has 0 spiro atoms. The van der Waals surface area contributed by atoms with Crippen LogP contribution in [0.1, 0.15) is 33.3 Å². The van der Waals surface area contributed by atoms with E-state index in [1.165, 1.54) is 6.07 Å². The van der Waals surface area contributed by atoms with E-state index in [2.05, 4.69) is 4.98 Å². The maximum Gasteiger partial charge on any atom is 0.515 e. The van der Waals surface area contributed by atoms with Crippen molar-refractivity contribution in [3.05, 3.63) is 23.6 Å². The maximum absolute atomic E-state index is 13.4. The van der Waals surface area contributed by atoms with Gasteiger partial charge < -0.3 is 14.0 Å². The molecule has 2 rings (SSSR count). The number of pyridine rings is 1. The van der Waals surface area contributed by atoms with Crippen molar-refractivity contribution in [3.63, 3.8) is 0 Å². The summed E-state index contributed by atoms with van der Waals surface area (Å²) in [5, 5.41) is 0. The largest absolute Gasteiger partial charge is 0.515 e. The number of rotatable bonds is 3. The first-order chi connectivity index (χ1) is 8.77. The molecule has 4 nitrogen and oxygen atoms in total. The van der Waals surface area contributed by atoms with Crippen molar-refractivity contribution in [2.45, 2.75) is 45.5 Å². The second kappa shape index (κ2) is 4.85. The van der Waals surface area contributed by atoms with Gasteiger partial charge >= 0.3 is 7.12 Å². The van der Waals surface area contributed by atoms with Crippen molar-refractivity contribution in [1.29, 1.82) is 0 Å². The molecule has 0 bridgehead atoms. The monoisotopic (exact) mass is 267 g/mol. The van der Waals surface area contributed by atoms with Crippen LogP contribution < -0.4 is 5.59 Å². The van der Waals surface area contributed by atoms with Crippen LogP contribution in [0.5, 0.6) is 0 Å². The van der Waals surface area contributed by atoms with Crippen molar-refractivity contribution in [1.82, 2.24) is 4.98 Å². The molecule has 0 amide bonds. The lowest BCUT2D eigenvalue weighted by Gasteiger charge is -2.32. The third kappa shape index (κ3) is 2.66. The van der Waals surface area contributed by atoms with Crippen LogP contribution in [0.3, 0.4) is 0 Å². The van der Waals surface area contributed by atoms with Gasteiger partial charge in [0.15, 0.2) is 0 Å². The van der Waals surface area contributed by atoms with E-state index in [4.69, 9.17) is 14.0 Å². The second-order valence-corrected chi connectivity index (χ2v) is 5.70. The van der Waals surface area contributed by atoms with Gasteiger partial charge in [0.25, 0.3) is 0 Å². The Labute approximate surface area is 113 Å². The molecule has 0 radical (unpaired) electrons. The highest BCUT2D eigenvalue weighted by Crippen LogP contribution is 2.36. The molecular formula is C13H19BFNO3. The molecule has 104 valence electrons. The minimum Gasteiger partial charge on any atom is -0.398 e.